The molecule has 0 unspecified atom stereocenters. The van der Waals surface area contributed by atoms with Crippen molar-refractivity contribution in [2.24, 2.45) is 0 Å². The number of rotatable bonds is 4. The minimum Gasteiger partial charge on any atom is -0.331 e. The van der Waals surface area contributed by atoms with Crippen LogP contribution in [0.1, 0.15) is 52.4 Å². The molecule has 0 bridgehead atoms. The van der Waals surface area contributed by atoms with E-state index < -0.39 is 0 Å². The molecule has 1 N–H and O–H groups in total. The maximum absolute atomic E-state index is 7.95. The SMILES string of the molecule is C=C/C=C(\CC)N(C(C)=N)C1CCCCC1. The second kappa shape index (κ2) is 6.51. The minimum atomic E-state index is 0.539. The third kappa shape index (κ3) is 3.22. The molecule has 0 aromatic carbocycles. The summed E-state index contributed by atoms with van der Waals surface area (Å²) in [6.07, 6.45) is 11.3. The lowest BCUT2D eigenvalue weighted by atomic mass is 9.93. The average Bonchev–Trinajstić information content (AvgIpc) is 2.29. The highest BCUT2D eigenvalue weighted by molar-refractivity contribution is 5.78. The molecule has 0 amide bonds. The Morgan fingerprint density at radius 1 is 1.38 bits per heavy atom. The Morgan fingerprint density at radius 2 is 2.00 bits per heavy atom. The fraction of sp³-hybridized carbons (Fsp3) is 0.643. The second-order valence-corrected chi connectivity index (χ2v) is 4.49. The Hall–Kier alpha value is -1.05. The van der Waals surface area contributed by atoms with Crippen LogP contribution in [0.2, 0.25) is 0 Å². The molecule has 2 heteroatoms. The quantitative estimate of drug-likeness (QED) is 0.431. The molecular formula is C14H24N2. The van der Waals surface area contributed by atoms with E-state index in [1.807, 2.05) is 19.1 Å². The summed E-state index contributed by atoms with van der Waals surface area (Å²) in [7, 11) is 0. The lowest BCUT2D eigenvalue weighted by Gasteiger charge is -2.36. The molecular weight excluding hydrogens is 196 g/mol. The van der Waals surface area contributed by atoms with Gasteiger partial charge in [0.2, 0.25) is 0 Å². The molecule has 0 spiro atoms. The van der Waals surface area contributed by atoms with Crippen LogP contribution in [0.3, 0.4) is 0 Å². The number of amidine groups is 1. The first-order chi connectivity index (χ1) is 7.70. The maximum Gasteiger partial charge on any atom is 0.0970 e. The van der Waals surface area contributed by atoms with Gasteiger partial charge in [0.25, 0.3) is 0 Å². The lowest BCUT2D eigenvalue weighted by molar-refractivity contribution is 0.277. The molecule has 0 saturated heterocycles. The molecule has 1 saturated carbocycles. The Balaban J connectivity index is 2.83. The Labute approximate surface area is 99.5 Å². The molecule has 2 nitrogen and oxygen atoms in total. The van der Waals surface area contributed by atoms with E-state index in [4.69, 9.17) is 5.41 Å². The third-order valence-electron chi connectivity index (χ3n) is 3.28. The molecule has 0 atom stereocenters. The zero-order chi connectivity index (χ0) is 12.0. The van der Waals surface area contributed by atoms with Crippen LogP contribution < -0.4 is 0 Å². The monoisotopic (exact) mass is 220 g/mol. The molecule has 1 aliphatic rings. The smallest absolute Gasteiger partial charge is 0.0970 e. The van der Waals surface area contributed by atoms with Gasteiger partial charge in [0, 0.05) is 11.7 Å². The van der Waals surface area contributed by atoms with Crippen LogP contribution in [-0.2, 0) is 0 Å². The number of nitrogens with zero attached hydrogens (tertiary/aromatic N) is 1. The van der Waals surface area contributed by atoms with Crippen molar-refractivity contribution in [3.05, 3.63) is 24.4 Å². The molecule has 1 aliphatic carbocycles. The van der Waals surface area contributed by atoms with E-state index in [1.165, 1.54) is 37.8 Å². The lowest BCUT2D eigenvalue weighted by Crippen LogP contribution is -2.39. The molecule has 0 aliphatic heterocycles. The van der Waals surface area contributed by atoms with Gasteiger partial charge in [-0.1, -0.05) is 38.8 Å². The highest BCUT2D eigenvalue weighted by atomic mass is 15.2. The first-order valence-electron chi connectivity index (χ1n) is 6.36. The van der Waals surface area contributed by atoms with Gasteiger partial charge in [0.15, 0.2) is 0 Å². The summed E-state index contributed by atoms with van der Waals surface area (Å²) in [5.41, 5.74) is 1.23. The molecule has 90 valence electrons. The second-order valence-electron chi connectivity index (χ2n) is 4.49. The van der Waals surface area contributed by atoms with Gasteiger partial charge in [-0.15, -0.1) is 0 Å². The molecule has 1 rings (SSSR count). The fourth-order valence-corrected chi connectivity index (χ4v) is 2.57. The van der Waals surface area contributed by atoms with E-state index in [-0.39, 0.29) is 0 Å². The highest BCUT2D eigenvalue weighted by Crippen LogP contribution is 2.26. The summed E-state index contributed by atoms with van der Waals surface area (Å²) >= 11 is 0. The van der Waals surface area contributed by atoms with Crippen LogP contribution in [0.4, 0.5) is 0 Å². The van der Waals surface area contributed by atoms with Crippen LogP contribution in [0.25, 0.3) is 0 Å². The van der Waals surface area contributed by atoms with Crippen molar-refractivity contribution in [1.29, 1.82) is 5.41 Å². The van der Waals surface area contributed by atoms with E-state index in [1.54, 1.807) is 0 Å². The van der Waals surface area contributed by atoms with Crippen molar-refractivity contribution in [3.8, 4) is 0 Å². The van der Waals surface area contributed by atoms with E-state index in [9.17, 15) is 0 Å². The summed E-state index contributed by atoms with van der Waals surface area (Å²) in [4.78, 5) is 2.21. The predicted octanol–water partition coefficient (Wildman–Crippen LogP) is 4.10. The van der Waals surface area contributed by atoms with Crippen LogP contribution in [0, 0.1) is 5.41 Å². The third-order valence-corrected chi connectivity index (χ3v) is 3.28. The molecule has 0 heterocycles. The van der Waals surface area contributed by atoms with Crippen molar-refractivity contribution in [3.63, 3.8) is 0 Å². The number of allylic oxidation sites excluding steroid dienone is 3. The standard InChI is InChI=1S/C14H24N2/c1-4-9-13(5-2)16(12(3)15)14-10-7-6-8-11-14/h4,9,14-15H,1,5-8,10-11H2,2-3H3/b13-9+,15-12?. The van der Waals surface area contributed by atoms with Crippen molar-refractivity contribution in [1.82, 2.24) is 4.90 Å². The first-order valence-corrected chi connectivity index (χ1v) is 6.36. The van der Waals surface area contributed by atoms with Gasteiger partial charge in [0.05, 0.1) is 5.84 Å². The topological polar surface area (TPSA) is 27.1 Å². The van der Waals surface area contributed by atoms with Gasteiger partial charge in [0.1, 0.15) is 0 Å². The summed E-state index contributed by atoms with van der Waals surface area (Å²) in [6.45, 7) is 7.80. The van der Waals surface area contributed by atoms with Crippen LogP contribution in [-0.4, -0.2) is 16.8 Å². The Morgan fingerprint density at radius 3 is 2.44 bits per heavy atom. The summed E-state index contributed by atoms with van der Waals surface area (Å²) < 4.78 is 0. The van der Waals surface area contributed by atoms with Crippen molar-refractivity contribution >= 4 is 5.84 Å². The summed E-state index contributed by atoms with van der Waals surface area (Å²) in [6, 6.07) is 0.539. The van der Waals surface area contributed by atoms with Gasteiger partial charge in [-0.05, 0) is 32.3 Å². The van der Waals surface area contributed by atoms with Crippen molar-refractivity contribution in [2.45, 2.75) is 58.4 Å². The summed E-state index contributed by atoms with van der Waals surface area (Å²) in [5, 5.41) is 7.95. The molecule has 0 aromatic rings. The largest absolute Gasteiger partial charge is 0.331 e. The molecule has 1 fully saturated rings. The Kier molecular flexibility index (Phi) is 5.30. The number of hydrogen-bond acceptors (Lipinski definition) is 1. The van der Waals surface area contributed by atoms with Gasteiger partial charge in [-0.2, -0.15) is 0 Å². The van der Waals surface area contributed by atoms with Crippen molar-refractivity contribution in [2.75, 3.05) is 0 Å². The van der Waals surface area contributed by atoms with Gasteiger partial charge >= 0.3 is 0 Å². The number of hydrogen-bond donors (Lipinski definition) is 1. The van der Waals surface area contributed by atoms with Gasteiger partial charge in [-0.25, -0.2) is 0 Å². The van der Waals surface area contributed by atoms with Crippen LogP contribution in [0.5, 0.6) is 0 Å². The maximum atomic E-state index is 7.95. The summed E-state index contributed by atoms with van der Waals surface area (Å²) in [5.74, 6) is 0.668. The highest BCUT2D eigenvalue weighted by Gasteiger charge is 2.23. The van der Waals surface area contributed by atoms with E-state index in [2.05, 4.69) is 18.4 Å². The average molecular weight is 220 g/mol. The number of nitrogens with one attached hydrogen (secondary N) is 1. The molecule has 0 aromatic heterocycles. The van der Waals surface area contributed by atoms with Crippen LogP contribution >= 0.6 is 0 Å². The Bertz CT molecular complexity index is 272. The molecule has 16 heavy (non-hydrogen) atoms. The van der Waals surface area contributed by atoms with E-state index in [0.29, 0.717) is 11.9 Å². The molecule has 0 radical (unpaired) electrons. The van der Waals surface area contributed by atoms with Crippen molar-refractivity contribution < 1.29 is 0 Å². The zero-order valence-electron chi connectivity index (χ0n) is 10.6. The van der Waals surface area contributed by atoms with E-state index >= 15 is 0 Å². The van der Waals surface area contributed by atoms with Crippen LogP contribution in [0.15, 0.2) is 24.4 Å². The van der Waals surface area contributed by atoms with Gasteiger partial charge < -0.3 is 4.90 Å². The minimum absolute atomic E-state index is 0.539. The normalized spacial score (nSPS) is 18.2. The zero-order valence-corrected chi connectivity index (χ0v) is 10.6. The van der Waals surface area contributed by atoms with E-state index in [0.717, 1.165) is 6.42 Å². The fourth-order valence-electron chi connectivity index (χ4n) is 2.57. The predicted molar refractivity (Wildman–Crippen MR) is 70.7 cm³/mol. The van der Waals surface area contributed by atoms with Gasteiger partial charge in [-0.3, -0.25) is 5.41 Å². The first kappa shape index (κ1) is 13.0.